The molecule has 3 rings (SSSR count). The van der Waals surface area contributed by atoms with E-state index in [1.54, 1.807) is 17.4 Å². The van der Waals surface area contributed by atoms with Crippen molar-refractivity contribution in [2.45, 2.75) is 39.5 Å². The third kappa shape index (κ3) is 3.94. The minimum atomic E-state index is 0.0209. The van der Waals surface area contributed by atoms with Gasteiger partial charge in [0.05, 0.1) is 29.5 Å². The number of nitrogens with zero attached hydrogens (tertiary/aromatic N) is 2. The van der Waals surface area contributed by atoms with E-state index in [9.17, 15) is 4.79 Å². The number of rotatable bonds is 4. The molecule has 2 aromatic rings. The molecule has 0 aliphatic carbocycles. The number of amides is 1. The largest absolute Gasteiger partial charge is 0.487 e. The summed E-state index contributed by atoms with van der Waals surface area (Å²) in [6.45, 7) is 7.57. The summed E-state index contributed by atoms with van der Waals surface area (Å²) >= 11 is 1.60. The molecule has 5 nitrogen and oxygen atoms in total. The molecule has 0 unspecified atom stereocenters. The van der Waals surface area contributed by atoms with Crippen molar-refractivity contribution in [3.05, 3.63) is 45.9 Å². The highest BCUT2D eigenvalue weighted by Crippen LogP contribution is 2.20. The lowest BCUT2D eigenvalue weighted by atomic mass is 10.1. The fourth-order valence-electron chi connectivity index (χ4n) is 2.70. The van der Waals surface area contributed by atoms with Crippen LogP contribution >= 0.6 is 11.3 Å². The number of morpholine rings is 1. The van der Waals surface area contributed by atoms with Crippen LogP contribution in [0, 0.1) is 6.92 Å². The Bertz CT molecular complexity index is 716. The van der Waals surface area contributed by atoms with Crippen LogP contribution in [-0.4, -0.2) is 41.1 Å². The Morgan fingerprint density at radius 2 is 2.29 bits per heavy atom. The monoisotopic (exact) mass is 346 g/mol. The maximum absolute atomic E-state index is 12.8. The van der Waals surface area contributed by atoms with Gasteiger partial charge in [0.25, 0.3) is 5.91 Å². The van der Waals surface area contributed by atoms with E-state index >= 15 is 0 Å². The molecule has 0 radical (unpaired) electrons. The van der Waals surface area contributed by atoms with E-state index in [1.807, 2.05) is 49.3 Å². The molecule has 0 spiro atoms. The third-order valence-electron chi connectivity index (χ3n) is 4.00. The Morgan fingerprint density at radius 3 is 3.04 bits per heavy atom. The Morgan fingerprint density at radius 1 is 1.46 bits per heavy atom. The van der Waals surface area contributed by atoms with Gasteiger partial charge in [0, 0.05) is 17.5 Å². The standard InChI is InChI=1S/C18H22N2O3S/c1-12-9-22-13(2)8-20(12)18(21)15-5-4-6-17(7-15)23-10-16-11-24-14(3)19-16/h4-7,11-13H,8-10H2,1-3H3/t12-,13-/m0/s1. The number of ether oxygens (including phenoxy) is 2. The van der Waals surface area contributed by atoms with Crippen LogP contribution in [0.1, 0.15) is 34.9 Å². The van der Waals surface area contributed by atoms with Gasteiger partial charge in [-0.3, -0.25) is 4.79 Å². The summed E-state index contributed by atoms with van der Waals surface area (Å²) in [6, 6.07) is 7.42. The van der Waals surface area contributed by atoms with E-state index in [4.69, 9.17) is 9.47 Å². The maximum atomic E-state index is 12.8. The summed E-state index contributed by atoms with van der Waals surface area (Å²) in [4.78, 5) is 19.0. The zero-order valence-electron chi connectivity index (χ0n) is 14.2. The third-order valence-corrected chi connectivity index (χ3v) is 4.83. The van der Waals surface area contributed by atoms with Crippen molar-refractivity contribution in [2.24, 2.45) is 0 Å². The van der Waals surface area contributed by atoms with Crippen molar-refractivity contribution in [1.82, 2.24) is 9.88 Å². The van der Waals surface area contributed by atoms with Gasteiger partial charge in [-0.05, 0) is 39.0 Å². The van der Waals surface area contributed by atoms with Gasteiger partial charge < -0.3 is 14.4 Å². The van der Waals surface area contributed by atoms with Gasteiger partial charge >= 0.3 is 0 Å². The smallest absolute Gasteiger partial charge is 0.254 e. The van der Waals surface area contributed by atoms with Gasteiger partial charge in [0.1, 0.15) is 12.4 Å². The minimum absolute atomic E-state index is 0.0209. The second kappa shape index (κ2) is 7.32. The summed E-state index contributed by atoms with van der Waals surface area (Å²) in [7, 11) is 0. The van der Waals surface area contributed by atoms with Crippen LogP contribution < -0.4 is 4.74 Å². The first-order valence-electron chi connectivity index (χ1n) is 8.09. The molecule has 1 aromatic carbocycles. The van der Waals surface area contributed by atoms with E-state index in [0.29, 0.717) is 31.1 Å². The van der Waals surface area contributed by atoms with Crippen LogP contribution in [0.15, 0.2) is 29.6 Å². The summed E-state index contributed by atoms with van der Waals surface area (Å²) in [5.41, 5.74) is 1.55. The summed E-state index contributed by atoms with van der Waals surface area (Å²) < 4.78 is 11.4. The molecule has 0 saturated carbocycles. The summed E-state index contributed by atoms with van der Waals surface area (Å²) in [5.74, 6) is 0.702. The number of benzene rings is 1. The predicted octanol–water partition coefficient (Wildman–Crippen LogP) is 3.28. The zero-order valence-corrected chi connectivity index (χ0v) is 15.0. The first-order valence-corrected chi connectivity index (χ1v) is 8.97. The molecule has 1 aromatic heterocycles. The molecule has 2 heterocycles. The highest BCUT2D eigenvalue weighted by atomic mass is 32.1. The van der Waals surface area contributed by atoms with E-state index < -0.39 is 0 Å². The number of carbonyl (C=O) groups excluding carboxylic acids is 1. The molecule has 1 aliphatic heterocycles. The highest BCUT2D eigenvalue weighted by molar-refractivity contribution is 7.09. The molecule has 128 valence electrons. The lowest BCUT2D eigenvalue weighted by Crippen LogP contribution is -2.50. The topological polar surface area (TPSA) is 51.7 Å². The van der Waals surface area contributed by atoms with Gasteiger partial charge in [-0.25, -0.2) is 4.98 Å². The van der Waals surface area contributed by atoms with Crippen molar-refractivity contribution in [3.8, 4) is 5.75 Å². The van der Waals surface area contributed by atoms with Gasteiger partial charge in [-0.1, -0.05) is 6.07 Å². The van der Waals surface area contributed by atoms with Crippen LogP contribution in [0.5, 0.6) is 5.75 Å². The van der Waals surface area contributed by atoms with Gasteiger partial charge in [-0.2, -0.15) is 0 Å². The van der Waals surface area contributed by atoms with E-state index in [2.05, 4.69) is 4.98 Å². The molecule has 1 saturated heterocycles. The molecule has 0 bridgehead atoms. The zero-order chi connectivity index (χ0) is 17.1. The first-order chi connectivity index (χ1) is 11.5. The highest BCUT2D eigenvalue weighted by Gasteiger charge is 2.28. The van der Waals surface area contributed by atoms with Crippen molar-refractivity contribution < 1.29 is 14.3 Å². The molecule has 1 amide bonds. The lowest BCUT2D eigenvalue weighted by molar-refractivity contribution is -0.0387. The molecular formula is C18H22N2O3S. The fraction of sp³-hybridized carbons (Fsp3) is 0.444. The Kier molecular flexibility index (Phi) is 5.16. The quantitative estimate of drug-likeness (QED) is 0.852. The lowest BCUT2D eigenvalue weighted by Gasteiger charge is -2.36. The number of aryl methyl sites for hydroxylation is 1. The Balaban J connectivity index is 1.68. The predicted molar refractivity (Wildman–Crippen MR) is 93.5 cm³/mol. The van der Waals surface area contributed by atoms with E-state index in [-0.39, 0.29) is 18.1 Å². The summed E-state index contributed by atoms with van der Waals surface area (Å²) in [6.07, 6.45) is 0.0671. The number of hydrogen-bond acceptors (Lipinski definition) is 5. The van der Waals surface area contributed by atoms with Gasteiger partial charge in [0.15, 0.2) is 0 Å². The number of thiazole rings is 1. The van der Waals surface area contributed by atoms with Gasteiger partial charge in [-0.15, -0.1) is 11.3 Å². The Hall–Kier alpha value is -1.92. The number of carbonyl (C=O) groups is 1. The van der Waals surface area contributed by atoms with Gasteiger partial charge in [0.2, 0.25) is 0 Å². The van der Waals surface area contributed by atoms with E-state index in [1.165, 1.54) is 0 Å². The molecule has 1 aliphatic rings. The van der Waals surface area contributed by atoms with Crippen LogP contribution in [0.3, 0.4) is 0 Å². The van der Waals surface area contributed by atoms with Crippen LogP contribution in [0.4, 0.5) is 0 Å². The average Bonchev–Trinajstić information content (AvgIpc) is 3.00. The molecule has 6 heteroatoms. The molecule has 1 fully saturated rings. The van der Waals surface area contributed by atoms with Crippen molar-refractivity contribution in [3.63, 3.8) is 0 Å². The van der Waals surface area contributed by atoms with Crippen LogP contribution in [0.25, 0.3) is 0 Å². The maximum Gasteiger partial charge on any atom is 0.254 e. The first kappa shape index (κ1) is 16.9. The SMILES string of the molecule is Cc1nc(COc2cccc(C(=O)N3C[C@H](C)OC[C@@H]3C)c2)cs1. The summed E-state index contributed by atoms with van der Waals surface area (Å²) in [5, 5.41) is 3.01. The second-order valence-corrected chi connectivity index (χ2v) is 7.19. The van der Waals surface area contributed by atoms with E-state index in [0.717, 1.165) is 10.7 Å². The normalized spacial score (nSPS) is 20.9. The molecule has 2 atom stereocenters. The molecule has 24 heavy (non-hydrogen) atoms. The van der Waals surface area contributed by atoms with Crippen molar-refractivity contribution in [2.75, 3.05) is 13.2 Å². The van der Waals surface area contributed by atoms with Crippen molar-refractivity contribution in [1.29, 1.82) is 0 Å². The van der Waals surface area contributed by atoms with Crippen molar-refractivity contribution >= 4 is 17.2 Å². The second-order valence-electron chi connectivity index (χ2n) is 6.12. The molecular weight excluding hydrogens is 324 g/mol. The average molecular weight is 346 g/mol. The fourth-order valence-corrected chi connectivity index (χ4v) is 3.30. The van der Waals surface area contributed by atoms with Crippen LogP contribution in [-0.2, 0) is 11.3 Å². The Labute approximate surface area is 146 Å². The number of aromatic nitrogens is 1. The van der Waals surface area contributed by atoms with Crippen LogP contribution in [0.2, 0.25) is 0 Å². The minimum Gasteiger partial charge on any atom is -0.487 e. The molecule has 0 N–H and O–H groups in total. The number of hydrogen-bond donors (Lipinski definition) is 0.